The lowest BCUT2D eigenvalue weighted by molar-refractivity contribution is -0.162. The predicted molar refractivity (Wildman–Crippen MR) is 37.9 cm³/mol. The molecule has 0 aromatic rings. The summed E-state index contributed by atoms with van der Waals surface area (Å²) in [4.78, 5) is 12.1. The molecular weight excluding hydrogens is 166 g/mol. The minimum absolute atomic E-state index is 0.172. The van der Waals surface area contributed by atoms with Crippen molar-refractivity contribution >= 4 is 5.91 Å². The summed E-state index contributed by atoms with van der Waals surface area (Å²) in [6.45, 7) is 0.665. The minimum Gasteiger partial charge on any atom is -0.340 e. The Hall–Kier alpha value is -0.710. The van der Waals surface area contributed by atoms with Crippen LogP contribution in [0, 0.1) is 5.41 Å². The fourth-order valence-corrected chi connectivity index (χ4v) is 1.85. The number of rotatable bonds is 0. The van der Waals surface area contributed by atoms with E-state index in [-0.39, 0.29) is 19.6 Å². The molecule has 3 nitrogen and oxygen atoms in total. The maximum absolute atomic E-state index is 13.3. The fraction of sp³-hybridized carbons (Fsp3) is 0.857. The second kappa shape index (κ2) is 1.96. The van der Waals surface area contributed by atoms with E-state index < -0.39 is 17.2 Å². The molecule has 0 aliphatic carbocycles. The van der Waals surface area contributed by atoms with Gasteiger partial charge in [-0.2, -0.15) is 8.78 Å². The molecule has 68 valence electrons. The maximum Gasteiger partial charge on any atom is 0.334 e. The normalized spacial score (nSPS) is 30.9. The molecule has 0 saturated carbocycles. The molecule has 1 amide bonds. The Labute approximate surface area is 68.7 Å². The van der Waals surface area contributed by atoms with Crippen molar-refractivity contribution in [3.8, 4) is 0 Å². The molecule has 0 aromatic heterocycles. The molecule has 2 rings (SSSR count). The van der Waals surface area contributed by atoms with Crippen LogP contribution in [0.25, 0.3) is 0 Å². The molecule has 2 saturated heterocycles. The van der Waals surface area contributed by atoms with Gasteiger partial charge in [-0.3, -0.25) is 4.79 Å². The Morgan fingerprint density at radius 3 is 2.25 bits per heavy atom. The van der Waals surface area contributed by atoms with Crippen molar-refractivity contribution in [3.63, 3.8) is 0 Å². The molecule has 2 aliphatic heterocycles. The first kappa shape index (κ1) is 7.91. The van der Waals surface area contributed by atoms with Crippen LogP contribution in [0.2, 0.25) is 0 Å². The van der Waals surface area contributed by atoms with Crippen LogP contribution in [0.3, 0.4) is 0 Å². The second-order valence-electron chi connectivity index (χ2n) is 3.62. The summed E-state index contributed by atoms with van der Waals surface area (Å²) in [6, 6.07) is 0. The van der Waals surface area contributed by atoms with E-state index in [4.69, 9.17) is 0 Å². The first-order valence-electron chi connectivity index (χ1n) is 3.84. The topological polar surface area (TPSA) is 32.3 Å². The SMILES string of the molecule is CN1CC2(CNC2)C(F)(F)C1=O. The molecule has 0 unspecified atom stereocenters. The van der Waals surface area contributed by atoms with Crippen LogP contribution in [0.5, 0.6) is 0 Å². The summed E-state index contributed by atoms with van der Waals surface area (Å²) in [5.41, 5.74) is -1.11. The lowest BCUT2D eigenvalue weighted by Crippen LogP contribution is -2.63. The number of hydrogen-bond donors (Lipinski definition) is 1. The maximum atomic E-state index is 13.3. The van der Waals surface area contributed by atoms with Gasteiger partial charge in [-0.05, 0) is 0 Å². The van der Waals surface area contributed by atoms with Gasteiger partial charge >= 0.3 is 5.92 Å². The zero-order chi connectivity index (χ0) is 8.98. The molecule has 0 aromatic carbocycles. The van der Waals surface area contributed by atoms with Crippen LogP contribution in [0.15, 0.2) is 0 Å². The van der Waals surface area contributed by atoms with Crippen molar-refractivity contribution in [2.75, 3.05) is 26.7 Å². The van der Waals surface area contributed by atoms with Gasteiger partial charge in [0, 0.05) is 26.7 Å². The summed E-state index contributed by atoms with van der Waals surface area (Å²) in [7, 11) is 1.42. The number of halogens is 2. The van der Waals surface area contributed by atoms with Crippen LogP contribution >= 0.6 is 0 Å². The number of hydrogen-bond acceptors (Lipinski definition) is 2. The van der Waals surface area contributed by atoms with Gasteiger partial charge in [-0.1, -0.05) is 0 Å². The first-order chi connectivity index (χ1) is 5.50. The van der Waals surface area contributed by atoms with Gasteiger partial charge in [-0.15, -0.1) is 0 Å². The summed E-state index contributed by atoms with van der Waals surface area (Å²) in [6.07, 6.45) is 0. The molecule has 1 spiro atoms. The molecule has 12 heavy (non-hydrogen) atoms. The summed E-state index contributed by atoms with van der Waals surface area (Å²) in [5.74, 6) is -4.20. The first-order valence-corrected chi connectivity index (χ1v) is 3.84. The molecule has 2 fully saturated rings. The van der Waals surface area contributed by atoms with Gasteiger partial charge < -0.3 is 10.2 Å². The van der Waals surface area contributed by atoms with Crippen LogP contribution < -0.4 is 5.32 Å². The highest BCUT2D eigenvalue weighted by Gasteiger charge is 2.68. The van der Waals surface area contributed by atoms with Gasteiger partial charge in [0.1, 0.15) is 0 Å². The molecule has 1 N–H and O–H groups in total. The molecule has 2 heterocycles. The molecule has 0 radical (unpaired) electrons. The van der Waals surface area contributed by atoms with E-state index >= 15 is 0 Å². The molecule has 0 bridgehead atoms. The Morgan fingerprint density at radius 1 is 1.50 bits per heavy atom. The quantitative estimate of drug-likeness (QED) is 0.548. The standard InChI is InChI=1S/C7H10F2N2O/c1-11-4-6(2-10-3-6)7(8,9)5(11)12/h10H,2-4H2,1H3. The van der Waals surface area contributed by atoms with E-state index in [2.05, 4.69) is 5.32 Å². The van der Waals surface area contributed by atoms with Crippen molar-refractivity contribution in [1.82, 2.24) is 10.2 Å². The van der Waals surface area contributed by atoms with Gasteiger partial charge in [-0.25, -0.2) is 0 Å². The van der Waals surface area contributed by atoms with Gasteiger partial charge in [0.25, 0.3) is 5.91 Å². The van der Waals surface area contributed by atoms with E-state index in [1.54, 1.807) is 0 Å². The second-order valence-corrected chi connectivity index (χ2v) is 3.62. The van der Waals surface area contributed by atoms with Crippen molar-refractivity contribution < 1.29 is 13.6 Å². The van der Waals surface area contributed by atoms with Crippen molar-refractivity contribution in [2.45, 2.75) is 5.92 Å². The zero-order valence-electron chi connectivity index (χ0n) is 6.73. The molecule has 5 heteroatoms. The van der Waals surface area contributed by atoms with Crippen molar-refractivity contribution in [3.05, 3.63) is 0 Å². The number of alkyl halides is 2. The number of carbonyl (C=O) groups is 1. The smallest absolute Gasteiger partial charge is 0.334 e. The Bertz CT molecular complexity index is 238. The highest BCUT2D eigenvalue weighted by Crippen LogP contribution is 2.46. The largest absolute Gasteiger partial charge is 0.340 e. The number of nitrogens with zero attached hydrogens (tertiary/aromatic N) is 1. The Morgan fingerprint density at radius 2 is 2.08 bits per heavy atom. The van der Waals surface area contributed by atoms with Gasteiger partial charge in [0.05, 0.1) is 5.41 Å². The lowest BCUT2D eigenvalue weighted by atomic mass is 9.78. The highest BCUT2D eigenvalue weighted by molar-refractivity contribution is 5.87. The molecule has 0 atom stereocenters. The highest BCUT2D eigenvalue weighted by atomic mass is 19.3. The van der Waals surface area contributed by atoms with Crippen molar-refractivity contribution in [1.29, 1.82) is 0 Å². The number of amides is 1. The average molecular weight is 176 g/mol. The van der Waals surface area contributed by atoms with Crippen LogP contribution in [-0.2, 0) is 4.79 Å². The van der Waals surface area contributed by atoms with Gasteiger partial charge in [0.2, 0.25) is 0 Å². The predicted octanol–water partition coefficient (Wildman–Crippen LogP) is -0.317. The zero-order valence-corrected chi connectivity index (χ0v) is 6.73. The lowest BCUT2D eigenvalue weighted by Gasteiger charge is -2.41. The van der Waals surface area contributed by atoms with E-state index in [1.807, 2.05) is 0 Å². The monoisotopic (exact) mass is 176 g/mol. The molecular formula is C7H10F2N2O. The third kappa shape index (κ3) is 0.652. The van der Waals surface area contributed by atoms with Crippen LogP contribution in [0.1, 0.15) is 0 Å². The van der Waals surface area contributed by atoms with Gasteiger partial charge in [0.15, 0.2) is 0 Å². The summed E-state index contributed by atoms with van der Waals surface area (Å²) < 4.78 is 26.5. The third-order valence-electron chi connectivity index (χ3n) is 2.75. The minimum atomic E-state index is -3.16. The number of nitrogens with one attached hydrogen (secondary N) is 1. The van der Waals surface area contributed by atoms with Crippen LogP contribution in [0.4, 0.5) is 8.78 Å². The van der Waals surface area contributed by atoms with Crippen molar-refractivity contribution in [2.24, 2.45) is 5.41 Å². The van der Waals surface area contributed by atoms with E-state index in [0.29, 0.717) is 0 Å². The third-order valence-corrected chi connectivity index (χ3v) is 2.75. The van der Waals surface area contributed by atoms with E-state index in [0.717, 1.165) is 4.90 Å². The Balaban J connectivity index is 2.33. The number of likely N-dealkylation sites (tertiary alicyclic amines) is 1. The average Bonchev–Trinajstić information content (AvgIpc) is 2.09. The van der Waals surface area contributed by atoms with E-state index in [9.17, 15) is 13.6 Å². The summed E-state index contributed by atoms with van der Waals surface area (Å²) >= 11 is 0. The fourth-order valence-electron chi connectivity index (χ4n) is 1.85. The van der Waals surface area contributed by atoms with E-state index in [1.165, 1.54) is 7.05 Å². The Kier molecular flexibility index (Phi) is 1.29. The molecule has 2 aliphatic rings. The summed E-state index contributed by atoms with van der Waals surface area (Å²) in [5, 5.41) is 2.78. The van der Waals surface area contributed by atoms with Crippen LogP contribution in [-0.4, -0.2) is 43.4 Å². The number of carbonyl (C=O) groups excluding carboxylic acids is 1.